The molecule has 0 atom stereocenters. The molecule has 0 spiro atoms. The van der Waals surface area contributed by atoms with Gasteiger partial charge in [-0.3, -0.25) is 4.79 Å². The van der Waals surface area contributed by atoms with E-state index in [1.54, 1.807) is 12.5 Å². The molecular weight excluding hydrogens is 278 g/mol. The largest absolute Gasteiger partial charge is 0.323 e. The summed E-state index contributed by atoms with van der Waals surface area (Å²) in [6.45, 7) is 6.57. The average Bonchev–Trinajstić information content (AvgIpc) is 3.03. The topological polar surface area (TPSA) is 64.7 Å². The minimum atomic E-state index is -0.702. The van der Waals surface area contributed by atoms with Gasteiger partial charge in [-0.15, -0.1) is 0 Å². The molecule has 118 valence electrons. The number of nitrogens with zero attached hydrogens (tertiary/aromatic N) is 4. The highest BCUT2D eigenvalue weighted by Crippen LogP contribution is 2.29. The number of aryl methyl sites for hydroxylation is 1. The summed E-state index contributed by atoms with van der Waals surface area (Å²) in [7, 11) is 0. The molecule has 0 saturated heterocycles. The summed E-state index contributed by atoms with van der Waals surface area (Å²) in [6.07, 6.45) is 9.13. The maximum atomic E-state index is 12.7. The number of rotatable bonds is 5. The van der Waals surface area contributed by atoms with E-state index in [4.69, 9.17) is 0 Å². The first kappa shape index (κ1) is 14.8. The highest BCUT2D eigenvalue weighted by molar-refractivity contribution is 5.95. The van der Waals surface area contributed by atoms with Gasteiger partial charge in [0.1, 0.15) is 11.4 Å². The van der Waals surface area contributed by atoms with Crippen LogP contribution in [0.3, 0.4) is 0 Å². The van der Waals surface area contributed by atoms with Gasteiger partial charge in [0.25, 0.3) is 5.91 Å². The molecule has 0 bridgehead atoms. The lowest BCUT2D eigenvalue weighted by Gasteiger charge is -2.27. The van der Waals surface area contributed by atoms with Gasteiger partial charge in [0, 0.05) is 18.8 Å². The van der Waals surface area contributed by atoms with Crippen LogP contribution in [-0.4, -0.2) is 25.2 Å². The fourth-order valence-electron chi connectivity index (χ4n) is 2.62. The van der Waals surface area contributed by atoms with Crippen molar-refractivity contribution in [1.29, 1.82) is 0 Å². The van der Waals surface area contributed by atoms with Crippen LogP contribution in [0.2, 0.25) is 0 Å². The van der Waals surface area contributed by atoms with Gasteiger partial charge < -0.3 is 9.88 Å². The predicted molar refractivity (Wildman–Crippen MR) is 84.5 cm³/mol. The van der Waals surface area contributed by atoms with Gasteiger partial charge in [0.2, 0.25) is 0 Å². The maximum absolute atomic E-state index is 12.7. The Morgan fingerprint density at radius 1 is 1.45 bits per heavy atom. The van der Waals surface area contributed by atoms with Gasteiger partial charge in [-0.25, -0.2) is 9.67 Å². The fourth-order valence-corrected chi connectivity index (χ4v) is 2.62. The van der Waals surface area contributed by atoms with Crippen LogP contribution in [-0.2, 0) is 16.9 Å². The van der Waals surface area contributed by atoms with E-state index in [-0.39, 0.29) is 5.91 Å². The van der Waals surface area contributed by atoms with Crippen LogP contribution in [0.4, 0.5) is 5.82 Å². The van der Waals surface area contributed by atoms with Crippen LogP contribution in [0.1, 0.15) is 38.8 Å². The number of nitrogens with one attached hydrogen (secondary N) is 1. The molecule has 0 aliphatic heterocycles. The Morgan fingerprint density at radius 2 is 2.23 bits per heavy atom. The smallest absolute Gasteiger partial charge is 0.251 e. The number of hydrogen-bond donors (Lipinski definition) is 1. The van der Waals surface area contributed by atoms with E-state index in [0.29, 0.717) is 5.92 Å². The Bertz CT molecular complexity index is 666. The van der Waals surface area contributed by atoms with E-state index in [9.17, 15) is 4.79 Å². The van der Waals surface area contributed by atoms with Crippen molar-refractivity contribution < 1.29 is 4.79 Å². The van der Waals surface area contributed by atoms with Crippen molar-refractivity contribution in [2.24, 2.45) is 5.92 Å². The third kappa shape index (κ3) is 2.77. The molecule has 1 aliphatic carbocycles. The summed E-state index contributed by atoms with van der Waals surface area (Å²) in [5.74, 6) is 1.39. The fraction of sp³-hybridized carbons (Fsp3) is 0.562. The first-order valence-electron chi connectivity index (χ1n) is 7.81. The molecule has 0 aromatic carbocycles. The van der Waals surface area contributed by atoms with E-state index in [1.165, 1.54) is 19.3 Å². The summed E-state index contributed by atoms with van der Waals surface area (Å²) in [5.41, 5.74) is 0.197. The normalized spacial score (nSPS) is 15.6. The SMILES string of the molecule is Cc1cn(C(C)(C)C(=O)Nc2ccnn2CC2CCC2)cn1. The van der Waals surface area contributed by atoms with Crippen LogP contribution in [0.5, 0.6) is 0 Å². The first-order chi connectivity index (χ1) is 10.5. The molecule has 1 fully saturated rings. The quantitative estimate of drug-likeness (QED) is 0.923. The number of carbonyl (C=O) groups is 1. The number of carbonyl (C=O) groups excluding carboxylic acids is 1. The molecule has 1 saturated carbocycles. The zero-order valence-electron chi connectivity index (χ0n) is 13.4. The van der Waals surface area contributed by atoms with Gasteiger partial charge in [0.15, 0.2) is 0 Å². The minimum Gasteiger partial charge on any atom is -0.323 e. The van der Waals surface area contributed by atoms with Crippen molar-refractivity contribution in [2.75, 3.05) is 5.32 Å². The standard InChI is InChI=1S/C16H23N5O/c1-12-9-20(11-17-12)16(2,3)15(22)19-14-7-8-18-21(14)10-13-5-4-6-13/h7-9,11,13H,4-6,10H2,1-3H3,(H,19,22). The highest BCUT2D eigenvalue weighted by atomic mass is 16.2. The summed E-state index contributed by atoms with van der Waals surface area (Å²) in [4.78, 5) is 16.9. The van der Waals surface area contributed by atoms with E-state index in [2.05, 4.69) is 15.4 Å². The number of hydrogen-bond acceptors (Lipinski definition) is 3. The molecule has 0 unspecified atom stereocenters. The molecule has 3 rings (SSSR count). The van der Waals surface area contributed by atoms with Crippen molar-refractivity contribution >= 4 is 11.7 Å². The summed E-state index contributed by atoms with van der Waals surface area (Å²) < 4.78 is 3.74. The van der Waals surface area contributed by atoms with E-state index < -0.39 is 5.54 Å². The van der Waals surface area contributed by atoms with Crippen LogP contribution in [0.25, 0.3) is 0 Å². The van der Waals surface area contributed by atoms with Crippen LogP contribution in [0, 0.1) is 12.8 Å². The Hall–Kier alpha value is -2.11. The van der Waals surface area contributed by atoms with Crippen molar-refractivity contribution in [3.63, 3.8) is 0 Å². The second-order valence-corrected chi connectivity index (χ2v) is 6.63. The van der Waals surface area contributed by atoms with E-state index >= 15 is 0 Å². The Morgan fingerprint density at radius 3 is 2.82 bits per heavy atom. The lowest BCUT2D eigenvalue weighted by molar-refractivity contribution is -0.123. The van der Waals surface area contributed by atoms with E-state index in [0.717, 1.165) is 18.1 Å². The third-order valence-corrected chi connectivity index (χ3v) is 4.53. The number of amides is 1. The molecule has 2 heterocycles. The number of imidazole rings is 1. The molecule has 2 aromatic heterocycles. The second kappa shape index (κ2) is 5.59. The monoisotopic (exact) mass is 301 g/mol. The van der Waals surface area contributed by atoms with Crippen LogP contribution < -0.4 is 5.32 Å². The summed E-state index contributed by atoms with van der Waals surface area (Å²) in [6, 6.07) is 1.85. The van der Waals surface area contributed by atoms with E-state index in [1.807, 2.05) is 42.3 Å². The molecule has 6 nitrogen and oxygen atoms in total. The minimum absolute atomic E-state index is 0.0692. The highest BCUT2D eigenvalue weighted by Gasteiger charge is 2.30. The van der Waals surface area contributed by atoms with Gasteiger partial charge in [-0.2, -0.15) is 5.10 Å². The lowest BCUT2D eigenvalue weighted by atomic mass is 9.85. The first-order valence-corrected chi connectivity index (χ1v) is 7.81. The zero-order valence-corrected chi connectivity index (χ0v) is 13.4. The summed E-state index contributed by atoms with van der Waals surface area (Å²) in [5, 5.41) is 7.34. The third-order valence-electron chi connectivity index (χ3n) is 4.53. The molecule has 1 amide bonds. The van der Waals surface area contributed by atoms with Crippen molar-refractivity contribution in [2.45, 2.75) is 52.1 Å². The van der Waals surface area contributed by atoms with Crippen LogP contribution in [0.15, 0.2) is 24.8 Å². The summed E-state index contributed by atoms with van der Waals surface area (Å²) >= 11 is 0. The van der Waals surface area contributed by atoms with Crippen molar-refractivity contribution in [1.82, 2.24) is 19.3 Å². The lowest BCUT2D eigenvalue weighted by Crippen LogP contribution is -2.40. The molecule has 6 heteroatoms. The van der Waals surface area contributed by atoms with Gasteiger partial charge in [0.05, 0.1) is 18.2 Å². The molecule has 2 aromatic rings. The number of anilines is 1. The molecule has 0 radical (unpaired) electrons. The molecule has 1 aliphatic rings. The zero-order chi connectivity index (χ0) is 15.7. The van der Waals surface area contributed by atoms with Gasteiger partial charge >= 0.3 is 0 Å². The molecular formula is C16H23N5O. The predicted octanol–water partition coefficient (Wildman–Crippen LogP) is 2.56. The number of aromatic nitrogens is 4. The molecule has 1 N–H and O–H groups in total. The second-order valence-electron chi connectivity index (χ2n) is 6.63. The van der Waals surface area contributed by atoms with Gasteiger partial charge in [-0.1, -0.05) is 6.42 Å². The van der Waals surface area contributed by atoms with Gasteiger partial charge in [-0.05, 0) is 39.5 Å². The average molecular weight is 301 g/mol. The van der Waals surface area contributed by atoms with Crippen molar-refractivity contribution in [3.05, 3.63) is 30.5 Å². The maximum Gasteiger partial charge on any atom is 0.251 e. The Kier molecular flexibility index (Phi) is 3.76. The molecule has 22 heavy (non-hydrogen) atoms. The Balaban J connectivity index is 1.72. The van der Waals surface area contributed by atoms with Crippen molar-refractivity contribution in [3.8, 4) is 0 Å². The Labute approximate surface area is 130 Å². The van der Waals surface area contributed by atoms with Crippen LogP contribution >= 0.6 is 0 Å².